The highest BCUT2D eigenvalue weighted by atomic mass is 16.5. The molecule has 2 aromatic heterocycles. The predicted molar refractivity (Wildman–Crippen MR) is 153 cm³/mol. The van der Waals surface area contributed by atoms with Gasteiger partial charge in [0.15, 0.2) is 5.82 Å². The molecule has 0 amide bonds. The number of fused-ring (bicyclic) bond motifs is 1. The maximum Gasteiger partial charge on any atom is 0.253 e. The third-order valence-electron chi connectivity index (χ3n) is 8.66. The molecule has 4 aromatic rings. The molecule has 2 aromatic carbocycles. The number of nitrogens with one attached hydrogen (secondary N) is 1. The van der Waals surface area contributed by atoms with E-state index >= 15 is 0 Å². The number of para-hydroxylation sites is 2. The molecule has 1 atom stereocenters. The van der Waals surface area contributed by atoms with E-state index in [-0.39, 0.29) is 17.6 Å². The zero-order valence-corrected chi connectivity index (χ0v) is 23.1. The van der Waals surface area contributed by atoms with Gasteiger partial charge in [0, 0.05) is 31.7 Å². The number of tetrazole rings is 1. The van der Waals surface area contributed by atoms with Crippen molar-refractivity contribution in [2.24, 2.45) is 0 Å². The fourth-order valence-corrected chi connectivity index (χ4v) is 6.32. The van der Waals surface area contributed by atoms with Crippen LogP contribution in [0.2, 0.25) is 0 Å². The minimum Gasteiger partial charge on any atom is -0.495 e. The van der Waals surface area contributed by atoms with Crippen LogP contribution < -0.4 is 15.2 Å². The molecule has 1 unspecified atom stereocenters. The molecule has 0 radical (unpaired) electrons. The quantitative estimate of drug-likeness (QED) is 0.393. The number of aryl methyl sites for hydroxylation is 2. The highest BCUT2D eigenvalue weighted by Gasteiger charge is 2.35. The van der Waals surface area contributed by atoms with Gasteiger partial charge in [-0.1, -0.05) is 43.5 Å². The number of rotatable bonds is 6. The highest BCUT2D eigenvalue weighted by molar-refractivity contribution is 5.83. The monoisotopic (exact) mass is 527 g/mol. The minimum atomic E-state index is -0.337. The molecule has 1 saturated carbocycles. The SMILES string of the molecule is COc1ccccc1N1CCN(C(c2cc3ccc(C)c(C)c3[nH]c2=O)c2nnnn2C2CCCCC2)CC1. The summed E-state index contributed by atoms with van der Waals surface area (Å²) in [6, 6.07) is 14.3. The van der Waals surface area contributed by atoms with Gasteiger partial charge in [-0.2, -0.15) is 0 Å². The molecule has 1 saturated heterocycles. The standard InChI is InChI=1S/C30H37N7O2/c1-20-13-14-22-19-24(30(38)31-27(22)21(20)2)28(29-32-33-34-37(29)23-9-5-4-6-10-23)36-17-15-35(16-18-36)25-11-7-8-12-26(25)39-3/h7-8,11-14,19,23,28H,4-6,9-10,15-18H2,1-3H3,(H,31,38). The summed E-state index contributed by atoms with van der Waals surface area (Å²) in [7, 11) is 1.71. The van der Waals surface area contributed by atoms with Crippen LogP contribution in [0.1, 0.15) is 66.7 Å². The third kappa shape index (κ3) is 4.80. The van der Waals surface area contributed by atoms with Gasteiger partial charge in [0.25, 0.3) is 5.56 Å². The molecule has 2 fully saturated rings. The first kappa shape index (κ1) is 25.6. The Labute approximate surface area is 228 Å². The van der Waals surface area contributed by atoms with Gasteiger partial charge in [0.1, 0.15) is 11.8 Å². The van der Waals surface area contributed by atoms with E-state index in [4.69, 9.17) is 4.74 Å². The fourth-order valence-electron chi connectivity index (χ4n) is 6.32. The Morgan fingerprint density at radius 2 is 1.77 bits per heavy atom. The smallest absolute Gasteiger partial charge is 0.253 e. The molecule has 2 aliphatic rings. The van der Waals surface area contributed by atoms with Crippen molar-refractivity contribution >= 4 is 16.6 Å². The van der Waals surface area contributed by atoms with Gasteiger partial charge >= 0.3 is 0 Å². The van der Waals surface area contributed by atoms with Crippen molar-refractivity contribution < 1.29 is 4.74 Å². The van der Waals surface area contributed by atoms with Crippen molar-refractivity contribution in [1.29, 1.82) is 0 Å². The predicted octanol–water partition coefficient (Wildman–Crippen LogP) is 4.56. The molecule has 1 aliphatic heterocycles. The van der Waals surface area contributed by atoms with Crippen molar-refractivity contribution in [3.05, 3.63) is 75.3 Å². The Kier molecular flexibility index (Phi) is 7.08. The molecule has 1 aliphatic carbocycles. The van der Waals surface area contributed by atoms with Gasteiger partial charge < -0.3 is 14.6 Å². The van der Waals surface area contributed by atoms with Crippen LogP contribution in [0.3, 0.4) is 0 Å². The Bertz CT molecular complexity index is 1510. The van der Waals surface area contributed by atoms with E-state index in [2.05, 4.69) is 68.4 Å². The summed E-state index contributed by atoms with van der Waals surface area (Å²) in [4.78, 5) is 21.7. The molecule has 3 heterocycles. The number of piperazine rings is 1. The normalized spacial score (nSPS) is 18.0. The zero-order valence-electron chi connectivity index (χ0n) is 23.1. The maximum absolute atomic E-state index is 13.7. The number of hydrogen-bond acceptors (Lipinski definition) is 7. The van der Waals surface area contributed by atoms with Crippen LogP contribution in [0.25, 0.3) is 10.9 Å². The molecule has 39 heavy (non-hydrogen) atoms. The summed E-state index contributed by atoms with van der Waals surface area (Å²) in [5.41, 5.74) is 4.88. The van der Waals surface area contributed by atoms with E-state index in [1.54, 1.807) is 7.11 Å². The van der Waals surface area contributed by atoms with Crippen LogP contribution in [0.4, 0.5) is 5.69 Å². The number of methoxy groups -OCH3 is 1. The summed E-state index contributed by atoms with van der Waals surface area (Å²) >= 11 is 0. The molecule has 204 valence electrons. The van der Waals surface area contributed by atoms with Crippen molar-refractivity contribution in [3.63, 3.8) is 0 Å². The number of aromatic nitrogens is 5. The van der Waals surface area contributed by atoms with Gasteiger partial charge in [-0.05, 0) is 71.8 Å². The van der Waals surface area contributed by atoms with Crippen LogP contribution in [-0.4, -0.2) is 63.4 Å². The van der Waals surface area contributed by atoms with Gasteiger partial charge in [-0.25, -0.2) is 4.68 Å². The van der Waals surface area contributed by atoms with E-state index in [9.17, 15) is 4.79 Å². The zero-order chi connectivity index (χ0) is 26.9. The molecular weight excluding hydrogens is 490 g/mol. The summed E-state index contributed by atoms with van der Waals surface area (Å²) in [6.07, 6.45) is 5.76. The number of pyridine rings is 1. The topological polar surface area (TPSA) is 92.2 Å². The first-order valence-corrected chi connectivity index (χ1v) is 14.1. The second-order valence-electron chi connectivity index (χ2n) is 10.9. The lowest BCUT2D eigenvalue weighted by Gasteiger charge is -2.40. The first-order chi connectivity index (χ1) is 19.0. The average molecular weight is 528 g/mol. The summed E-state index contributed by atoms with van der Waals surface area (Å²) in [5.74, 6) is 1.64. The van der Waals surface area contributed by atoms with Crippen molar-refractivity contribution in [2.75, 3.05) is 38.2 Å². The van der Waals surface area contributed by atoms with E-state index in [0.717, 1.165) is 78.3 Å². The molecule has 1 N–H and O–H groups in total. The number of ether oxygens (including phenoxy) is 1. The Morgan fingerprint density at radius 1 is 1.00 bits per heavy atom. The molecule has 0 bridgehead atoms. The lowest BCUT2D eigenvalue weighted by molar-refractivity contribution is 0.192. The number of benzene rings is 2. The number of hydrogen-bond donors (Lipinski definition) is 1. The summed E-state index contributed by atoms with van der Waals surface area (Å²) in [5, 5.41) is 14.2. The van der Waals surface area contributed by atoms with E-state index < -0.39 is 0 Å². The molecule has 0 spiro atoms. The van der Waals surface area contributed by atoms with Crippen LogP contribution in [0.5, 0.6) is 5.75 Å². The first-order valence-electron chi connectivity index (χ1n) is 14.1. The number of nitrogens with zero attached hydrogens (tertiary/aromatic N) is 6. The molecule has 9 nitrogen and oxygen atoms in total. The van der Waals surface area contributed by atoms with Crippen molar-refractivity contribution in [3.8, 4) is 5.75 Å². The largest absolute Gasteiger partial charge is 0.495 e. The van der Waals surface area contributed by atoms with Crippen molar-refractivity contribution in [2.45, 2.75) is 58.0 Å². The van der Waals surface area contributed by atoms with Gasteiger partial charge in [-0.3, -0.25) is 9.69 Å². The Morgan fingerprint density at radius 3 is 2.54 bits per heavy atom. The highest BCUT2D eigenvalue weighted by Crippen LogP contribution is 2.35. The van der Waals surface area contributed by atoms with Gasteiger partial charge in [-0.15, -0.1) is 5.10 Å². The molecular formula is C30H37N7O2. The van der Waals surface area contributed by atoms with Gasteiger partial charge in [0.05, 0.1) is 24.4 Å². The second kappa shape index (κ2) is 10.8. The number of anilines is 1. The summed E-state index contributed by atoms with van der Waals surface area (Å²) < 4.78 is 7.64. The minimum absolute atomic E-state index is 0.0773. The van der Waals surface area contributed by atoms with E-state index in [1.165, 1.54) is 19.3 Å². The average Bonchev–Trinajstić information content (AvgIpc) is 3.46. The third-order valence-corrected chi connectivity index (χ3v) is 8.66. The lowest BCUT2D eigenvalue weighted by Crippen LogP contribution is -2.49. The number of H-pyrrole nitrogens is 1. The molecule has 6 rings (SSSR count). The fraction of sp³-hybridized carbons (Fsp3) is 0.467. The lowest BCUT2D eigenvalue weighted by atomic mass is 9.94. The Hall–Kier alpha value is -3.72. The van der Waals surface area contributed by atoms with Gasteiger partial charge in [0.2, 0.25) is 0 Å². The van der Waals surface area contributed by atoms with Crippen LogP contribution in [-0.2, 0) is 0 Å². The Balaban J connectivity index is 1.40. The van der Waals surface area contributed by atoms with Crippen LogP contribution in [0, 0.1) is 13.8 Å². The van der Waals surface area contributed by atoms with Crippen LogP contribution in [0.15, 0.2) is 47.3 Å². The maximum atomic E-state index is 13.7. The van der Waals surface area contributed by atoms with Crippen LogP contribution >= 0.6 is 0 Å². The van der Waals surface area contributed by atoms with Crippen molar-refractivity contribution in [1.82, 2.24) is 30.1 Å². The van der Waals surface area contributed by atoms with E-state index in [0.29, 0.717) is 5.56 Å². The summed E-state index contributed by atoms with van der Waals surface area (Å²) in [6.45, 7) is 7.29. The number of aromatic amines is 1. The second-order valence-corrected chi connectivity index (χ2v) is 10.9. The molecule has 9 heteroatoms. The van der Waals surface area contributed by atoms with E-state index in [1.807, 2.05) is 22.9 Å².